The van der Waals surface area contributed by atoms with Crippen molar-refractivity contribution >= 4 is 18.0 Å². The zero-order valence-electron chi connectivity index (χ0n) is 20.2. The van der Waals surface area contributed by atoms with E-state index in [4.69, 9.17) is 4.74 Å². The summed E-state index contributed by atoms with van der Waals surface area (Å²) in [6.45, 7) is 2.80. The minimum atomic E-state index is -1.07. The Morgan fingerprint density at radius 1 is 1.03 bits per heavy atom. The van der Waals surface area contributed by atoms with Gasteiger partial charge in [-0.05, 0) is 60.3 Å². The number of hydrogen-bond donors (Lipinski definition) is 3. The van der Waals surface area contributed by atoms with Crippen molar-refractivity contribution in [2.24, 2.45) is 5.92 Å². The summed E-state index contributed by atoms with van der Waals surface area (Å²) < 4.78 is 5.58. The van der Waals surface area contributed by atoms with Crippen LogP contribution in [-0.2, 0) is 14.3 Å². The molecule has 7 heteroatoms. The van der Waals surface area contributed by atoms with Gasteiger partial charge in [-0.2, -0.15) is 0 Å². The van der Waals surface area contributed by atoms with Crippen molar-refractivity contribution in [2.75, 3.05) is 13.2 Å². The van der Waals surface area contributed by atoms with Gasteiger partial charge in [0.05, 0.1) is 0 Å². The predicted octanol–water partition coefficient (Wildman–Crippen LogP) is 4.85. The molecule has 2 aliphatic carbocycles. The molecule has 7 nitrogen and oxygen atoms in total. The molecule has 2 aromatic carbocycles. The normalized spacial score (nSPS) is 16.4. The van der Waals surface area contributed by atoms with Crippen LogP contribution in [0, 0.1) is 5.92 Å². The van der Waals surface area contributed by atoms with E-state index < -0.39 is 17.6 Å². The van der Waals surface area contributed by atoms with E-state index in [1.165, 1.54) is 22.3 Å². The molecule has 1 fully saturated rings. The van der Waals surface area contributed by atoms with Crippen LogP contribution in [0.5, 0.6) is 0 Å². The summed E-state index contributed by atoms with van der Waals surface area (Å²) in [6.07, 6.45) is 3.94. The third-order valence-corrected chi connectivity index (χ3v) is 7.52. The number of nitrogens with one attached hydrogen (secondary N) is 2. The van der Waals surface area contributed by atoms with Gasteiger partial charge in [-0.15, -0.1) is 0 Å². The molecule has 0 aliphatic heterocycles. The first kappa shape index (κ1) is 24.8. The standard InChI is InChI=1S/C28H34N2O5/c1-2-19(12-13-25(31)30-28(26(32)33)15-7-16-28)14-17-29-27(34)35-18-24-22-10-5-3-8-20(22)21-9-4-6-11-23(21)24/h3-6,8-11,19,24H,2,7,12-18H2,1H3,(H,29,34)(H,30,31)(H,32,33). The van der Waals surface area contributed by atoms with Crippen molar-refractivity contribution < 1.29 is 24.2 Å². The Balaban J connectivity index is 1.19. The quantitative estimate of drug-likeness (QED) is 0.428. The van der Waals surface area contributed by atoms with E-state index in [1.807, 2.05) is 24.3 Å². The third-order valence-electron chi connectivity index (χ3n) is 7.52. The zero-order chi connectivity index (χ0) is 24.8. The highest BCUT2D eigenvalue weighted by atomic mass is 16.5. The van der Waals surface area contributed by atoms with Crippen LogP contribution in [-0.4, -0.2) is 41.8 Å². The Kier molecular flexibility index (Phi) is 7.73. The smallest absolute Gasteiger partial charge is 0.407 e. The highest BCUT2D eigenvalue weighted by Crippen LogP contribution is 2.44. The second-order valence-electron chi connectivity index (χ2n) is 9.64. The number of benzene rings is 2. The van der Waals surface area contributed by atoms with Crippen LogP contribution < -0.4 is 10.6 Å². The van der Waals surface area contributed by atoms with Gasteiger partial charge in [0.15, 0.2) is 0 Å². The number of aliphatic carboxylic acids is 1. The average Bonchev–Trinajstić information content (AvgIpc) is 3.15. The van der Waals surface area contributed by atoms with Gasteiger partial charge in [0.2, 0.25) is 5.91 Å². The summed E-state index contributed by atoms with van der Waals surface area (Å²) in [5.41, 5.74) is 3.68. The Hall–Kier alpha value is -3.35. The Morgan fingerprint density at radius 3 is 2.20 bits per heavy atom. The monoisotopic (exact) mass is 478 g/mol. The lowest BCUT2D eigenvalue weighted by Crippen LogP contribution is -2.59. The van der Waals surface area contributed by atoms with E-state index in [9.17, 15) is 19.5 Å². The fourth-order valence-electron chi connectivity index (χ4n) is 5.17. The highest BCUT2D eigenvalue weighted by molar-refractivity contribution is 5.87. The summed E-state index contributed by atoms with van der Waals surface area (Å²) >= 11 is 0. The molecule has 1 atom stereocenters. The third kappa shape index (κ3) is 5.50. The fourth-order valence-corrected chi connectivity index (χ4v) is 5.17. The van der Waals surface area contributed by atoms with Crippen LogP contribution >= 0.6 is 0 Å². The number of carboxylic acids is 1. The maximum Gasteiger partial charge on any atom is 0.407 e. The van der Waals surface area contributed by atoms with Gasteiger partial charge in [-0.3, -0.25) is 4.79 Å². The number of fused-ring (bicyclic) bond motifs is 3. The second kappa shape index (κ2) is 10.9. The summed E-state index contributed by atoms with van der Waals surface area (Å²) in [7, 11) is 0. The molecule has 0 heterocycles. The molecule has 0 aromatic heterocycles. The first-order valence-corrected chi connectivity index (χ1v) is 12.6. The molecular weight excluding hydrogens is 444 g/mol. The number of carbonyl (C=O) groups excluding carboxylic acids is 2. The van der Waals surface area contributed by atoms with Crippen LogP contribution in [0.3, 0.4) is 0 Å². The highest BCUT2D eigenvalue weighted by Gasteiger charge is 2.45. The number of hydrogen-bond acceptors (Lipinski definition) is 4. The number of ether oxygens (including phenoxy) is 1. The lowest BCUT2D eigenvalue weighted by molar-refractivity contribution is -0.151. The van der Waals surface area contributed by atoms with Gasteiger partial charge in [-0.1, -0.05) is 61.9 Å². The van der Waals surface area contributed by atoms with Crippen molar-refractivity contribution in [2.45, 2.75) is 63.3 Å². The van der Waals surface area contributed by atoms with Gasteiger partial charge < -0.3 is 20.5 Å². The molecule has 1 saturated carbocycles. The minimum Gasteiger partial charge on any atom is -0.480 e. The van der Waals surface area contributed by atoms with Gasteiger partial charge in [0, 0.05) is 18.9 Å². The molecule has 0 radical (unpaired) electrons. The topological polar surface area (TPSA) is 105 Å². The molecule has 0 saturated heterocycles. The van der Waals surface area contributed by atoms with E-state index in [0.29, 0.717) is 32.2 Å². The van der Waals surface area contributed by atoms with Crippen molar-refractivity contribution in [1.82, 2.24) is 10.6 Å². The summed E-state index contributed by atoms with van der Waals surface area (Å²) in [4.78, 5) is 36.1. The number of carbonyl (C=O) groups is 3. The largest absolute Gasteiger partial charge is 0.480 e. The molecule has 4 rings (SSSR count). The van der Waals surface area contributed by atoms with Crippen molar-refractivity contribution in [3.05, 3.63) is 59.7 Å². The van der Waals surface area contributed by atoms with E-state index in [2.05, 4.69) is 41.8 Å². The Bertz CT molecular complexity index is 1030. The molecular formula is C28H34N2O5. The van der Waals surface area contributed by atoms with Gasteiger partial charge in [0.25, 0.3) is 0 Å². The van der Waals surface area contributed by atoms with Crippen molar-refractivity contribution in [3.8, 4) is 11.1 Å². The fraction of sp³-hybridized carbons (Fsp3) is 0.464. The Labute approximate surface area is 206 Å². The lowest BCUT2D eigenvalue weighted by Gasteiger charge is -2.38. The molecule has 2 amide bonds. The molecule has 0 bridgehead atoms. The van der Waals surface area contributed by atoms with Crippen LogP contribution in [0.1, 0.15) is 68.9 Å². The van der Waals surface area contributed by atoms with Gasteiger partial charge in [0.1, 0.15) is 12.1 Å². The molecule has 3 N–H and O–H groups in total. The average molecular weight is 479 g/mol. The molecule has 0 spiro atoms. The zero-order valence-corrected chi connectivity index (χ0v) is 20.2. The maximum absolute atomic E-state index is 12.4. The van der Waals surface area contributed by atoms with Gasteiger partial charge in [-0.25, -0.2) is 9.59 Å². The predicted molar refractivity (Wildman–Crippen MR) is 133 cm³/mol. The molecule has 1 unspecified atom stereocenters. The van der Waals surface area contributed by atoms with Crippen LogP contribution in [0.2, 0.25) is 0 Å². The Morgan fingerprint density at radius 2 is 1.66 bits per heavy atom. The van der Waals surface area contributed by atoms with E-state index >= 15 is 0 Å². The van der Waals surface area contributed by atoms with Crippen LogP contribution in [0.25, 0.3) is 11.1 Å². The van der Waals surface area contributed by atoms with E-state index in [1.54, 1.807) is 0 Å². The molecule has 35 heavy (non-hydrogen) atoms. The summed E-state index contributed by atoms with van der Waals surface area (Å²) in [5, 5.41) is 14.9. The van der Waals surface area contributed by atoms with Crippen molar-refractivity contribution in [1.29, 1.82) is 0 Å². The SMILES string of the molecule is CCC(CCNC(=O)OCC1c2ccccc2-c2ccccc21)CCC(=O)NC1(C(=O)O)CCC1. The van der Waals surface area contributed by atoms with E-state index in [-0.39, 0.29) is 24.3 Å². The number of alkyl carbamates (subject to hydrolysis) is 1. The first-order chi connectivity index (χ1) is 16.9. The number of rotatable bonds is 11. The number of carboxylic acid groups (broad SMARTS) is 1. The molecule has 186 valence electrons. The lowest BCUT2D eigenvalue weighted by atomic mass is 9.76. The minimum absolute atomic E-state index is 0.0276. The molecule has 2 aromatic rings. The maximum atomic E-state index is 12.4. The van der Waals surface area contributed by atoms with Crippen LogP contribution in [0.4, 0.5) is 4.79 Å². The van der Waals surface area contributed by atoms with Crippen LogP contribution in [0.15, 0.2) is 48.5 Å². The summed E-state index contributed by atoms with van der Waals surface area (Å²) in [6, 6.07) is 16.5. The summed E-state index contributed by atoms with van der Waals surface area (Å²) in [5.74, 6) is -0.872. The second-order valence-corrected chi connectivity index (χ2v) is 9.64. The van der Waals surface area contributed by atoms with Crippen molar-refractivity contribution in [3.63, 3.8) is 0 Å². The molecule has 2 aliphatic rings. The van der Waals surface area contributed by atoms with Gasteiger partial charge >= 0.3 is 12.1 Å². The first-order valence-electron chi connectivity index (χ1n) is 12.6. The van der Waals surface area contributed by atoms with E-state index in [0.717, 1.165) is 19.3 Å². The number of amides is 2.